The smallest absolute Gasteiger partial charge is 0.269 e. The lowest BCUT2D eigenvalue weighted by molar-refractivity contribution is -0.384. The molecule has 0 atom stereocenters. The molecule has 0 radical (unpaired) electrons. The number of aromatic nitrogens is 2. The Hall–Kier alpha value is -3.54. The van der Waals surface area contributed by atoms with Crippen molar-refractivity contribution in [2.45, 2.75) is 0 Å². The van der Waals surface area contributed by atoms with Crippen LogP contribution < -0.4 is 5.73 Å². The summed E-state index contributed by atoms with van der Waals surface area (Å²) in [6.45, 7) is 0. The summed E-state index contributed by atoms with van der Waals surface area (Å²) in [4.78, 5) is 18.7. The number of nitrogen functional groups attached to an aromatic ring is 1. The van der Waals surface area contributed by atoms with Crippen molar-refractivity contribution < 1.29 is 4.92 Å². The van der Waals surface area contributed by atoms with Crippen molar-refractivity contribution in [3.8, 4) is 11.3 Å². The van der Waals surface area contributed by atoms with Gasteiger partial charge >= 0.3 is 0 Å². The Bertz CT molecular complexity index is 891. The van der Waals surface area contributed by atoms with Crippen LogP contribution in [-0.4, -0.2) is 14.9 Å². The van der Waals surface area contributed by atoms with Crippen LogP contribution in [0.1, 0.15) is 11.3 Å². The molecule has 0 spiro atoms. The average molecular weight is 318 g/mol. The van der Waals surface area contributed by atoms with E-state index in [0.29, 0.717) is 11.4 Å². The van der Waals surface area contributed by atoms with Gasteiger partial charge in [-0.05, 0) is 29.8 Å². The van der Waals surface area contributed by atoms with Crippen LogP contribution in [0.5, 0.6) is 0 Å². The molecule has 2 aromatic carbocycles. The minimum atomic E-state index is -0.438. The van der Waals surface area contributed by atoms with Gasteiger partial charge in [-0.3, -0.25) is 10.1 Å². The first-order chi connectivity index (χ1) is 11.6. The number of nitro groups is 1. The number of nitrogens with two attached hydrogens (primary N) is 1. The molecule has 0 bridgehead atoms. The number of nitro benzene ring substituents is 1. The van der Waals surface area contributed by atoms with E-state index in [4.69, 9.17) is 5.73 Å². The lowest BCUT2D eigenvalue weighted by Gasteiger charge is -2.04. The number of anilines is 1. The van der Waals surface area contributed by atoms with Crippen LogP contribution in [-0.2, 0) is 0 Å². The molecule has 0 aliphatic heterocycles. The molecule has 0 fully saturated rings. The lowest BCUT2D eigenvalue weighted by Crippen LogP contribution is -1.98. The summed E-state index contributed by atoms with van der Waals surface area (Å²) < 4.78 is 0. The molecule has 6 heteroatoms. The topological polar surface area (TPSA) is 94.9 Å². The highest BCUT2D eigenvalue weighted by Gasteiger charge is 2.07. The van der Waals surface area contributed by atoms with Gasteiger partial charge in [-0.2, -0.15) is 0 Å². The highest BCUT2D eigenvalue weighted by molar-refractivity contribution is 5.71. The first kappa shape index (κ1) is 15.4. The third-order valence-electron chi connectivity index (χ3n) is 3.38. The SMILES string of the molecule is Nc1nc(C=Cc2ccccc2)cc(-c2ccc([N+](=O)[O-])cc2)n1. The monoisotopic (exact) mass is 318 g/mol. The van der Waals surface area contributed by atoms with Crippen LogP contribution in [0.2, 0.25) is 0 Å². The molecule has 3 aromatic rings. The Kier molecular flexibility index (Phi) is 4.29. The molecule has 0 unspecified atom stereocenters. The van der Waals surface area contributed by atoms with Gasteiger partial charge in [0.1, 0.15) is 0 Å². The maximum Gasteiger partial charge on any atom is 0.269 e. The Labute approximate surface area is 138 Å². The van der Waals surface area contributed by atoms with Crippen molar-refractivity contribution in [3.63, 3.8) is 0 Å². The molecule has 0 saturated heterocycles. The average Bonchev–Trinajstić information content (AvgIpc) is 2.60. The molecular formula is C18H14N4O2. The van der Waals surface area contributed by atoms with E-state index >= 15 is 0 Å². The van der Waals surface area contributed by atoms with Crippen LogP contribution in [0.15, 0.2) is 60.7 Å². The van der Waals surface area contributed by atoms with E-state index in [9.17, 15) is 10.1 Å². The zero-order chi connectivity index (χ0) is 16.9. The Morgan fingerprint density at radius 1 is 0.958 bits per heavy atom. The standard InChI is InChI=1S/C18H14N4O2/c19-18-20-15(9-6-13-4-2-1-3-5-13)12-17(21-18)14-7-10-16(11-8-14)22(23)24/h1-12H,(H2,19,20,21). The molecular weight excluding hydrogens is 304 g/mol. The van der Waals surface area contributed by atoms with E-state index in [0.717, 1.165) is 11.1 Å². The minimum absolute atomic E-state index is 0.0324. The first-order valence-electron chi connectivity index (χ1n) is 7.24. The van der Waals surface area contributed by atoms with Crippen LogP contribution in [0.3, 0.4) is 0 Å². The van der Waals surface area contributed by atoms with Gasteiger partial charge in [0.15, 0.2) is 0 Å². The van der Waals surface area contributed by atoms with E-state index in [1.54, 1.807) is 18.2 Å². The summed E-state index contributed by atoms with van der Waals surface area (Å²) in [5.74, 6) is 0.151. The fourth-order valence-electron chi connectivity index (χ4n) is 2.22. The third kappa shape index (κ3) is 3.61. The van der Waals surface area contributed by atoms with E-state index in [1.165, 1.54) is 12.1 Å². The van der Waals surface area contributed by atoms with Crippen LogP contribution in [0.4, 0.5) is 11.6 Å². The van der Waals surface area contributed by atoms with Gasteiger partial charge in [0, 0.05) is 17.7 Å². The van der Waals surface area contributed by atoms with Crippen LogP contribution in [0.25, 0.3) is 23.4 Å². The predicted molar refractivity (Wildman–Crippen MR) is 93.9 cm³/mol. The number of non-ortho nitro benzene ring substituents is 1. The lowest BCUT2D eigenvalue weighted by atomic mass is 10.1. The molecule has 0 aliphatic rings. The highest BCUT2D eigenvalue weighted by Crippen LogP contribution is 2.22. The molecule has 6 nitrogen and oxygen atoms in total. The van der Waals surface area contributed by atoms with E-state index in [1.807, 2.05) is 42.5 Å². The summed E-state index contributed by atoms with van der Waals surface area (Å²) in [5.41, 5.74) is 8.88. The van der Waals surface area contributed by atoms with Crippen molar-refractivity contribution in [3.05, 3.63) is 82.0 Å². The Morgan fingerprint density at radius 3 is 2.33 bits per heavy atom. The summed E-state index contributed by atoms with van der Waals surface area (Å²) in [5, 5.41) is 10.7. The molecule has 1 aromatic heterocycles. The van der Waals surface area contributed by atoms with E-state index < -0.39 is 4.92 Å². The van der Waals surface area contributed by atoms with Gasteiger partial charge in [-0.1, -0.05) is 36.4 Å². The van der Waals surface area contributed by atoms with Crippen molar-refractivity contribution in [1.29, 1.82) is 0 Å². The first-order valence-corrected chi connectivity index (χ1v) is 7.24. The number of hydrogen-bond acceptors (Lipinski definition) is 5. The van der Waals surface area contributed by atoms with Crippen molar-refractivity contribution in [2.75, 3.05) is 5.73 Å². The summed E-state index contributed by atoms with van der Waals surface area (Å²) in [6.07, 6.45) is 3.78. The summed E-state index contributed by atoms with van der Waals surface area (Å²) in [6, 6.07) is 17.8. The quantitative estimate of drug-likeness (QED) is 0.583. The number of hydrogen-bond donors (Lipinski definition) is 1. The Morgan fingerprint density at radius 2 is 1.67 bits per heavy atom. The van der Waals surface area contributed by atoms with Gasteiger partial charge in [-0.25, -0.2) is 9.97 Å². The Balaban J connectivity index is 1.91. The molecule has 0 amide bonds. The third-order valence-corrected chi connectivity index (χ3v) is 3.38. The van der Waals surface area contributed by atoms with Gasteiger partial charge < -0.3 is 5.73 Å². The van der Waals surface area contributed by atoms with Gasteiger partial charge in [0.05, 0.1) is 16.3 Å². The fraction of sp³-hybridized carbons (Fsp3) is 0. The molecule has 118 valence electrons. The normalized spacial score (nSPS) is 10.8. The second-order valence-electron chi connectivity index (χ2n) is 5.08. The minimum Gasteiger partial charge on any atom is -0.368 e. The second-order valence-corrected chi connectivity index (χ2v) is 5.08. The van der Waals surface area contributed by atoms with E-state index in [2.05, 4.69) is 9.97 Å². The van der Waals surface area contributed by atoms with Gasteiger partial charge in [0.25, 0.3) is 5.69 Å². The molecule has 3 rings (SSSR count). The number of nitrogens with zero attached hydrogens (tertiary/aromatic N) is 3. The van der Waals surface area contributed by atoms with Gasteiger partial charge in [0.2, 0.25) is 5.95 Å². The maximum atomic E-state index is 10.7. The van der Waals surface area contributed by atoms with Crippen molar-refractivity contribution >= 4 is 23.8 Å². The van der Waals surface area contributed by atoms with Crippen LogP contribution in [0, 0.1) is 10.1 Å². The predicted octanol–water partition coefficient (Wildman–Crippen LogP) is 3.80. The highest BCUT2D eigenvalue weighted by atomic mass is 16.6. The largest absolute Gasteiger partial charge is 0.368 e. The zero-order valence-corrected chi connectivity index (χ0v) is 12.7. The second kappa shape index (κ2) is 6.70. The summed E-state index contributed by atoms with van der Waals surface area (Å²) in [7, 11) is 0. The molecule has 1 heterocycles. The number of benzene rings is 2. The maximum absolute atomic E-state index is 10.7. The van der Waals surface area contributed by atoms with Gasteiger partial charge in [-0.15, -0.1) is 0 Å². The molecule has 24 heavy (non-hydrogen) atoms. The van der Waals surface area contributed by atoms with Crippen LogP contribution >= 0.6 is 0 Å². The zero-order valence-electron chi connectivity index (χ0n) is 12.7. The summed E-state index contributed by atoms with van der Waals surface area (Å²) >= 11 is 0. The van der Waals surface area contributed by atoms with E-state index in [-0.39, 0.29) is 11.6 Å². The molecule has 2 N–H and O–H groups in total. The molecule has 0 saturated carbocycles. The number of rotatable bonds is 4. The molecule has 0 aliphatic carbocycles. The van der Waals surface area contributed by atoms with Crippen molar-refractivity contribution in [2.24, 2.45) is 0 Å². The van der Waals surface area contributed by atoms with Crippen molar-refractivity contribution in [1.82, 2.24) is 9.97 Å². The fourth-order valence-corrected chi connectivity index (χ4v) is 2.22.